The lowest BCUT2D eigenvalue weighted by atomic mass is 10.0. The van der Waals surface area contributed by atoms with Gasteiger partial charge in [-0.1, -0.05) is 23.2 Å². The number of anilines is 3. The third-order valence-electron chi connectivity index (χ3n) is 6.49. The van der Waals surface area contributed by atoms with E-state index in [0.29, 0.717) is 40.9 Å². The van der Waals surface area contributed by atoms with E-state index in [0.717, 1.165) is 17.8 Å². The minimum Gasteiger partial charge on any atom is -0.364 e. The van der Waals surface area contributed by atoms with E-state index >= 15 is 0 Å². The highest BCUT2D eigenvalue weighted by Crippen LogP contribution is 2.29. The van der Waals surface area contributed by atoms with Crippen molar-refractivity contribution >= 4 is 52.3 Å². The van der Waals surface area contributed by atoms with Crippen LogP contribution in [0.3, 0.4) is 0 Å². The third-order valence-corrected chi connectivity index (χ3v) is 7.05. The van der Waals surface area contributed by atoms with Crippen LogP contribution in [0.2, 0.25) is 10.2 Å². The van der Waals surface area contributed by atoms with Crippen LogP contribution >= 0.6 is 23.2 Å². The first kappa shape index (κ1) is 26.5. The molecule has 2 amide bonds. The van der Waals surface area contributed by atoms with E-state index < -0.39 is 5.91 Å². The molecule has 5 rings (SSSR count). The third kappa shape index (κ3) is 5.70. The maximum absolute atomic E-state index is 12.7. The van der Waals surface area contributed by atoms with Crippen molar-refractivity contribution < 1.29 is 9.59 Å². The van der Waals surface area contributed by atoms with Crippen LogP contribution in [-0.2, 0) is 4.79 Å². The zero-order chi connectivity index (χ0) is 27.7. The number of halogens is 2. The molecule has 1 atom stereocenters. The molecule has 0 saturated carbocycles. The van der Waals surface area contributed by atoms with Crippen molar-refractivity contribution in [3.05, 3.63) is 70.9 Å². The summed E-state index contributed by atoms with van der Waals surface area (Å²) in [5.74, 6) is -0.221. The molecule has 0 bridgehead atoms. The highest BCUT2D eigenvalue weighted by molar-refractivity contribution is 6.33. The predicted molar refractivity (Wildman–Crippen MR) is 150 cm³/mol. The van der Waals surface area contributed by atoms with Gasteiger partial charge in [0.15, 0.2) is 5.15 Å². The Labute approximate surface area is 234 Å². The summed E-state index contributed by atoms with van der Waals surface area (Å²) < 4.78 is 1.50. The molecule has 0 aliphatic carbocycles. The van der Waals surface area contributed by atoms with E-state index in [4.69, 9.17) is 28.9 Å². The largest absolute Gasteiger partial charge is 0.364 e. The number of nitrogens with zero attached hydrogens (tertiary/aromatic N) is 7. The van der Waals surface area contributed by atoms with Gasteiger partial charge in [0.25, 0.3) is 5.91 Å². The van der Waals surface area contributed by atoms with Crippen LogP contribution in [0.5, 0.6) is 0 Å². The van der Waals surface area contributed by atoms with Gasteiger partial charge in [0.2, 0.25) is 11.9 Å². The smallest absolute Gasteiger partial charge is 0.267 e. The molecule has 1 saturated heterocycles. The zero-order valence-corrected chi connectivity index (χ0v) is 22.7. The second kappa shape index (κ2) is 11.0. The van der Waals surface area contributed by atoms with E-state index in [1.54, 1.807) is 18.5 Å². The molecule has 0 radical (unpaired) electrons. The van der Waals surface area contributed by atoms with Gasteiger partial charge < -0.3 is 20.9 Å². The summed E-state index contributed by atoms with van der Waals surface area (Å²) in [5.41, 5.74) is 8.47. The van der Waals surface area contributed by atoms with Crippen molar-refractivity contribution in [1.82, 2.24) is 29.6 Å². The molecule has 13 heteroatoms. The van der Waals surface area contributed by atoms with Gasteiger partial charge in [0.05, 0.1) is 23.1 Å². The fourth-order valence-electron chi connectivity index (χ4n) is 4.33. The van der Waals surface area contributed by atoms with E-state index in [9.17, 15) is 9.59 Å². The molecule has 4 aromatic rings. The number of pyridine rings is 1. The molecule has 3 aromatic heterocycles. The first-order valence-corrected chi connectivity index (χ1v) is 12.8. The molecule has 1 aliphatic rings. The summed E-state index contributed by atoms with van der Waals surface area (Å²) in [6.07, 6.45) is 6.21. The second-order valence-corrected chi connectivity index (χ2v) is 10.0. The van der Waals surface area contributed by atoms with Crippen LogP contribution in [0, 0.1) is 0 Å². The average Bonchev–Trinajstić information content (AvgIpc) is 3.40. The maximum atomic E-state index is 12.7. The molecule has 39 heavy (non-hydrogen) atoms. The monoisotopic (exact) mass is 565 g/mol. The molecule has 3 N–H and O–H groups in total. The van der Waals surface area contributed by atoms with Crippen LogP contribution in [0.1, 0.15) is 23.3 Å². The Bertz CT molecular complexity index is 1540. The Balaban J connectivity index is 1.32. The first-order chi connectivity index (χ1) is 18.7. The molecule has 1 fully saturated rings. The number of primary amides is 1. The quantitative estimate of drug-likeness (QED) is 0.322. The average molecular weight is 566 g/mol. The van der Waals surface area contributed by atoms with Gasteiger partial charge >= 0.3 is 0 Å². The van der Waals surface area contributed by atoms with Gasteiger partial charge in [-0.05, 0) is 56.9 Å². The second-order valence-electron chi connectivity index (χ2n) is 9.26. The number of aromatic nitrogens is 5. The summed E-state index contributed by atoms with van der Waals surface area (Å²) in [7, 11) is 4.01. The maximum Gasteiger partial charge on any atom is 0.267 e. The van der Waals surface area contributed by atoms with Crippen LogP contribution < -0.4 is 16.0 Å². The Hall–Kier alpha value is -4.06. The summed E-state index contributed by atoms with van der Waals surface area (Å²) in [5, 5.41) is 7.92. The summed E-state index contributed by atoms with van der Waals surface area (Å²) in [4.78, 5) is 40.8. The molecule has 0 unspecified atom stereocenters. The number of rotatable bonds is 7. The number of nitrogens with two attached hydrogens (primary N) is 1. The van der Waals surface area contributed by atoms with Crippen molar-refractivity contribution in [2.75, 3.05) is 30.9 Å². The van der Waals surface area contributed by atoms with Crippen molar-refractivity contribution in [1.29, 1.82) is 0 Å². The standard InChI is InChI=1S/C26H25Cl2N9O2/c1-35(2)18-9-10-36(22(38)11-18)17-5-3-16(4-6-17)32-26-30-13-19(27)23(34-26)15-12-31-37(14-15)21-8-7-20(25(29)39)33-24(21)28/h3-8,12-14,18H,9-11H2,1-2H3,(H2,29,39)(H,30,32,34)/t18-/m0/s1. The lowest BCUT2D eigenvalue weighted by molar-refractivity contribution is -0.120. The van der Waals surface area contributed by atoms with E-state index in [-0.39, 0.29) is 22.8 Å². The molecular weight excluding hydrogens is 541 g/mol. The fourth-order valence-corrected chi connectivity index (χ4v) is 4.77. The fraction of sp³-hybridized carbons (Fsp3) is 0.231. The Kier molecular flexibility index (Phi) is 7.47. The van der Waals surface area contributed by atoms with Crippen LogP contribution in [0.4, 0.5) is 17.3 Å². The number of hydrogen-bond acceptors (Lipinski definition) is 8. The Morgan fingerprint density at radius 2 is 1.87 bits per heavy atom. The van der Waals surface area contributed by atoms with Crippen molar-refractivity contribution in [2.45, 2.75) is 18.9 Å². The summed E-state index contributed by atoms with van der Waals surface area (Å²) >= 11 is 12.6. The van der Waals surface area contributed by atoms with Gasteiger partial charge in [0.1, 0.15) is 11.4 Å². The predicted octanol–water partition coefficient (Wildman–Crippen LogP) is 3.93. The SMILES string of the molecule is CN(C)[C@H]1CCN(c2ccc(Nc3ncc(Cl)c(-c4cnn(-c5ccc(C(N)=O)nc5Cl)c4)n3)cc2)C(=O)C1. The number of nitrogens with one attached hydrogen (secondary N) is 1. The molecule has 200 valence electrons. The van der Waals surface area contributed by atoms with Gasteiger partial charge in [-0.25, -0.2) is 19.6 Å². The molecule has 4 heterocycles. The van der Waals surface area contributed by atoms with Crippen molar-refractivity contribution in [3.8, 4) is 16.9 Å². The first-order valence-electron chi connectivity index (χ1n) is 12.1. The molecular formula is C26H25Cl2N9O2. The van der Waals surface area contributed by atoms with Gasteiger partial charge in [0, 0.05) is 42.1 Å². The van der Waals surface area contributed by atoms with E-state index in [2.05, 4.69) is 30.3 Å². The lowest BCUT2D eigenvalue weighted by Crippen LogP contribution is -2.45. The highest BCUT2D eigenvalue weighted by Gasteiger charge is 2.27. The van der Waals surface area contributed by atoms with Crippen molar-refractivity contribution in [3.63, 3.8) is 0 Å². The lowest BCUT2D eigenvalue weighted by Gasteiger charge is -2.34. The summed E-state index contributed by atoms with van der Waals surface area (Å²) in [6, 6.07) is 10.9. The highest BCUT2D eigenvalue weighted by atomic mass is 35.5. The molecule has 1 aromatic carbocycles. The van der Waals surface area contributed by atoms with Gasteiger partial charge in [-0.15, -0.1) is 0 Å². The van der Waals surface area contributed by atoms with Crippen molar-refractivity contribution in [2.24, 2.45) is 5.73 Å². The Morgan fingerprint density at radius 3 is 2.54 bits per heavy atom. The molecule has 1 aliphatic heterocycles. The number of carbonyl (C=O) groups is 2. The molecule has 0 spiro atoms. The van der Waals surface area contributed by atoms with Crippen LogP contribution in [-0.4, -0.2) is 68.1 Å². The summed E-state index contributed by atoms with van der Waals surface area (Å²) in [6.45, 7) is 0.683. The number of piperidine rings is 1. The number of benzene rings is 1. The normalized spacial score (nSPS) is 15.6. The van der Waals surface area contributed by atoms with Crippen LogP contribution in [0.15, 0.2) is 55.0 Å². The molecule has 11 nitrogen and oxygen atoms in total. The van der Waals surface area contributed by atoms with Gasteiger partial charge in [-0.3, -0.25) is 9.59 Å². The number of amides is 2. The van der Waals surface area contributed by atoms with E-state index in [1.165, 1.54) is 16.9 Å². The number of carbonyl (C=O) groups excluding carboxylic acids is 2. The topological polar surface area (TPSA) is 135 Å². The Morgan fingerprint density at radius 1 is 1.10 bits per heavy atom. The van der Waals surface area contributed by atoms with Gasteiger partial charge in [-0.2, -0.15) is 5.10 Å². The van der Waals surface area contributed by atoms with E-state index in [1.807, 2.05) is 43.3 Å². The zero-order valence-electron chi connectivity index (χ0n) is 21.2. The minimum absolute atomic E-state index is 0.0548. The number of hydrogen-bond donors (Lipinski definition) is 2. The minimum atomic E-state index is -0.676. The van der Waals surface area contributed by atoms with Crippen LogP contribution in [0.25, 0.3) is 16.9 Å².